The van der Waals surface area contributed by atoms with Gasteiger partial charge in [0.1, 0.15) is 11.8 Å². The number of methoxy groups -OCH3 is 1. The first-order chi connectivity index (χ1) is 14.4. The van der Waals surface area contributed by atoms with E-state index in [1.807, 2.05) is 50.2 Å². The SMILES string of the molecule is COc1ccc([C@H](CC(C)C)NC(=O)[C@H](C)N(c2cc(C)ccc2C)S(C)(=O)=O)cc1. The summed E-state index contributed by atoms with van der Waals surface area (Å²) in [4.78, 5) is 13.2. The maximum absolute atomic E-state index is 13.2. The van der Waals surface area contributed by atoms with Crippen molar-refractivity contribution in [1.82, 2.24) is 5.32 Å². The maximum atomic E-state index is 13.2. The largest absolute Gasteiger partial charge is 0.497 e. The number of hydrogen-bond acceptors (Lipinski definition) is 4. The molecule has 1 N–H and O–H groups in total. The van der Waals surface area contributed by atoms with Gasteiger partial charge in [0, 0.05) is 0 Å². The summed E-state index contributed by atoms with van der Waals surface area (Å²) < 4.78 is 31.8. The molecule has 0 aliphatic heterocycles. The predicted octanol–water partition coefficient (Wildman–Crippen LogP) is 4.37. The van der Waals surface area contributed by atoms with Crippen LogP contribution in [-0.2, 0) is 14.8 Å². The zero-order valence-electron chi connectivity index (χ0n) is 19.5. The molecule has 2 rings (SSSR count). The molecule has 0 saturated carbocycles. The zero-order valence-corrected chi connectivity index (χ0v) is 20.3. The Hall–Kier alpha value is -2.54. The molecule has 31 heavy (non-hydrogen) atoms. The number of anilines is 1. The molecule has 7 heteroatoms. The summed E-state index contributed by atoms with van der Waals surface area (Å²) in [6.45, 7) is 9.54. The van der Waals surface area contributed by atoms with Gasteiger partial charge in [0.2, 0.25) is 15.9 Å². The number of nitrogens with zero attached hydrogens (tertiary/aromatic N) is 1. The van der Waals surface area contributed by atoms with E-state index in [4.69, 9.17) is 4.74 Å². The van der Waals surface area contributed by atoms with Crippen LogP contribution in [-0.4, -0.2) is 33.7 Å². The topological polar surface area (TPSA) is 75.7 Å². The predicted molar refractivity (Wildman–Crippen MR) is 126 cm³/mol. The monoisotopic (exact) mass is 446 g/mol. The number of nitrogens with one attached hydrogen (secondary N) is 1. The van der Waals surface area contributed by atoms with Gasteiger partial charge in [-0.3, -0.25) is 9.10 Å². The molecule has 0 saturated heterocycles. The first kappa shape index (κ1) is 24.7. The second kappa shape index (κ2) is 10.2. The lowest BCUT2D eigenvalue weighted by atomic mass is 9.96. The second-order valence-electron chi connectivity index (χ2n) is 8.49. The molecular formula is C24H34N2O4S. The van der Waals surface area contributed by atoms with Crippen LogP contribution in [0.2, 0.25) is 0 Å². The van der Waals surface area contributed by atoms with Crippen LogP contribution in [0.25, 0.3) is 0 Å². The van der Waals surface area contributed by atoms with E-state index in [1.54, 1.807) is 20.1 Å². The van der Waals surface area contributed by atoms with Crippen molar-refractivity contribution in [2.24, 2.45) is 5.92 Å². The average molecular weight is 447 g/mol. The number of rotatable bonds is 9. The van der Waals surface area contributed by atoms with Gasteiger partial charge in [0.15, 0.2) is 0 Å². The van der Waals surface area contributed by atoms with E-state index >= 15 is 0 Å². The first-order valence-electron chi connectivity index (χ1n) is 10.4. The van der Waals surface area contributed by atoms with Crippen molar-refractivity contribution in [1.29, 1.82) is 0 Å². The fourth-order valence-corrected chi connectivity index (χ4v) is 4.84. The Morgan fingerprint density at radius 2 is 1.68 bits per heavy atom. The van der Waals surface area contributed by atoms with Crippen LogP contribution >= 0.6 is 0 Å². The smallest absolute Gasteiger partial charge is 0.244 e. The highest BCUT2D eigenvalue weighted by atomic mass is 32.2. The summed E-state index contributed by atoms with van der Waals surface area (Å²) in [5.41, 5.74) is 3.20. The van der Waals surface area contributed by atoms with Crippen LogP contribution in [0.5, 0.6) is 5.75 Å². The van der Waals surface area contributed by atoms with Gasteiger partial charge < -0.3 is 10.1 Å². The summed E-state index contributed by atoms with van der Waals surface area (Å²) in [5.74, 6) is 0.741. The molecule has 0 spiro atoms. The third-order valence-electron chi connectivity index (χ3n) is 5.23. The second-order valence-corrected chi connectivity index (χ2v) is 10.3. The van der Waals surface area contributed by atoms with Crippen LogP contribution in [0.4, 0.5) is 5.69 Å². The molecule has 0 aromatic heterocycles. The lowest BCUT2D eigenvalue weighted by Crippen LogP contribution is -2.49. The normalized spacial score (nSPS) is 13.5. The van der Waals surface area contributed by atoms with E-state index in [9.17, 15) is 13.2 Å². The standard InChI is InChI=1S/C24H34N2O4S/c1-16(2)14-22(20-10-12-21(30-6)13-11-20)25-24(27)19(5)26(31(7,28)29)23-15-17(3)8-9-18(23)4/h8-13,15-16,19,22H,14H2,1-7H3,(H,25,27)/t19-,22-/m0/s1. The van der Waals surface area contributed by atoms with E-state index in [1.165, 1.54) is 4.31 Å². The molecule has 0 unspecified atom stereocenters. The number of aryl methyl sites for hydroxylation is 2. The fraction of sp³-hybridized carbons (Fsp3) is 0.458. The van der Waals surface area contributed by atoms with Gasteiger partial charge in [0.05, 0.1) is 25.1 Å². The Morgan fingerprint density at radius 1 is 1.06 bits per heavy atom. The van der Waals surface area contributed by atoms with Crippen molar-refractivity contribution in [2.75, 3.05) is 17.7 Å². The van der Waals surface area contributed by atoms with Crippen LogP contribution in [0, 0.1) is 19.8 Å². The third kappa shape index (κ3) is 6.47. The molecule has 0 radical (unpaired) electrons. The van der Waals surface area contributed by atoms with Crippen molar-refractivity contribution in [3.8, 4) is 5.75 Å². The molecule has 2 aromatic rings. The highest BCUT2D eigenvalue weighted by Crippen LogP contribution is 2.28. The van der Waals surface area contributed by atoms with Gasteiger partial charge in [-0.25, -0.2) is 8.42 Å². The molecule has 2 aromatic carbocycles. The van der Waals surface area contributed by atoms with E-state index in [-0.39, 0.29) is 11.9 Å². The average Bonchev–Trinajstić information content (AvgIpc) is 2.68. The number of sulfonamides is 1. The lowest BCUT2D eigenvalue weighted by molar-refractivity contribution is -0.122. The molecule has 0 heterocycles. The van der Waals surface area contributed by atoms with Gasteiger partial charge in [-0.05, 0) is 68.0 Å². The van der Waals surface area contributed by atoms with Crippen LogP contribution < -0.4 is 14.4 Å². The summed E-state index contributed by atoms with van der Waals surface area (Å²) in [6.07, 6.45) is 1.86. The van der Waals surface area contributed by atoms with E-state index < -0.39 is 16.1 Å². The van der Waals surface area contributed by atoms with Gasteiger partial charge >= 0.3 is 0 Å². The Labute approximate surface area is 186 Å². The van der Waals surface area contributed by atoms with Crippen LogP contribution in [0.1, 0.15) is 49.9 Å². The van der Waals surface area contributed by atoms with Crippen molar-refractivity contribution in [3.63, 3.8) is 0 Å². The Bertz CT molecular complexity index is 1000. The molecule has 1 amide bonds. The molecule has 0 aliphatic rings. The summed E-state index contributed by atoms with van der Waals surface area (Å²) >= 11 is 0. The number of carbonyl (C=O) groups excluding carboxylic acids is 1. The molecule has 6 nitrogen and oxygen atoms in total. The van der Waals surface area contributed by atoms with Crippen molar-refractivity contribution < 1.29 is 17.9 Å². The Balaban J connectivity index is 2.36. The number of carbonyl (C=O) groups is 1. The van der Waals surface area contributed by atoms with Gasteiger partial charge in [-0.2, -0.15) is 0 Å². The van der Waals surface area contributed by atoms with Crippen LogP contribution in [0.15, 0.2) is 42.5 Å². The summed E-state index contributed by atoms with van der Waals surface area (Å²) in [5, 5.41) is 3.07. The minimum absolute atomic E-state index is 0.235. The Morgan fingerprint density at radius 3 is 2.19 bits per heavy atom. The zero-order chi connectivity index (χ0) is 23.3. The first-order valence-corrected chi connectivity index (χ1v) is 12.3. The molecule has 0 aliphatic carbocycles. The minimum atomic E-state index is -3.68. The molecule has 0 fully saturated rings. The number of benzene rings is 2. The Kier molecular flexibility index (Phi) is 8.12. The minimum Gasteiger partial charge on any atom is -0.497 e. The molecular weight excluding hydrogens is 412 g/mol. The van der Waals surface area contributed by atoms with E-state index in [0.29, 0.717) is 11.6 Å². The highest BCUT2D eigenvalue weighted by Gasteiger charge is 2.31. The summed E-state index contributed by atoms with van der Waals surface area (Å²) in [7, 11) is -2.07. The van der Waals surface area contributed by atoms with Crippen molar-refractivity contribution in [3.05, 3.63) is 59.2 Å². The van der Waals surface area contributed by atoms with Gasteiger partial charge in [0.25, 0.3) is 0 Å². The number of amides is 1. The fourth-order valence-electron chi connectivity index (χ4n) is 3.62. The van der Waals surface area contributed by atoms with Crippen molar-refractivity contribution >= 4 is 21.6 Å². The van der Waals surface area contributed by atoms with Gasteiger partial charge in [-0.1, -0.05) is 38.1 Å². The van der Waals surface area contributed by atoms with Gasteiger partial charge in [-0.15, -0.1) is 0 Å². The third-order valence-corrected chi connectivity index (χ3v) is 6.46. The molecule has 0 bridgehead atoms. The lowest BCUT2D eigenvalue weighted by Gasteiger charge is -2.31. The van der Waals surface area contributed by atoms with E-state index in [2.05, 4.69) is 19.2 Å². The maximum Gasteiger partial charge on any atom is 0.244 e. The number of hydrogen-bond donors (Lipinski definition) is 1. The number of ether oxygens (including phenoxy) is 1. The molecule has 170 valence electrons. The highest BCUT2D eigenvalue weighted by molar-refractivity contribution is 7.92. The van der Waals surface area contributed by atoms with E-state index in [0.717, 1.165) is 35.1 Å². The summed E-state index contributed by atoms with van der Waals surface area (Å²) in [6, 6.07) is 12.0. The van der Waals surface area contributed by atoms with Crippen LogP contribution in [0.3, 0.4) is 0 Å². The molecule has 2 atom stereocenters. The van der Waals surface area contributed by atoms with Crippen molar-refractivity contribution in [2.45, 2.75) is 53.1 Å². The quantitative estimate of drug-likeness (QED) is 0.621.